The van der Waals surface area contributed by atoms with Crippen LogP contribution in [-0.2, 0) is 16.0 Å². The molecule has 0 saturated heterocycles. The summed E-state index contributed by atoms with van der Waals surface area (Å²) < 4.78 is 0.752. The number of aryl methyl sites for hydroxylation is 1. The van der Waals surface area contributed by atoms with E-state index in [-0.39, 0.29) is 6.42 Å². The number of hydrogen-bond donors (Lipinski definition) is 3. The first-order valence-electron chi connectivity index (χ1n) is 4.83. The second-order valence-corrected chi connectivity index (χ2v) is 4.65. The first-order chi connectivity index (χ1) is 7.91. The summed E-state index contributed by atoms with van der Waals surface area (Å²) in [5.74, 6) is -2.19. The van der Waals surface area contributed by atoms with E-state index in [2.05, 4.69) is 0 Å². The Hall–Kier alpha value is -1.15. The number of carbonyl (C=O) groups is 2. The molecule has 0 aliphatic carbocycles. The predicted molar refractivity (Wildman–Crippen MR) is 67.7 cm³/mol. The summed E-state index contributed by atoms with van der Waals surface area (Å²) in [6, 6.07) is 4.70. The van der Waals surface area contributed by atoms with Gasteiger partial charge < -0.3 is 15.3 Å². The Bertz CT molecular complexity index is 443. The molecule has 0 fully saturated rings. The minimum Gasteiger partial charge on any atom is -0.481 e. The number of aliphatic hydroxyl groups excluding tert-OH is 1. The standard InChI is InChI=1S/C11H11IO5/c12-8-5-7(10(15)11(16)17)2-1-6(8)3-4-9(13)14/h1-2,5,10,15H,3-4H2,(H,13,14)(H,16,17). The molecule has 0 aliphatic rings. The van der Waals surface area contributed by atoms with Gasteiger partial charge in [0.05, 0.1) is 0 Å². The Morgan fingerprint density at radius 1 is 1.29 bits per heavy atom. The molecule has 0 saturated carbocycles. The van der Waals surface area contributed by atoms with Gasteiger partial charge >= 0.3 is 11.9 Å². The van der Waals surface area contributed by atoms with Gasteiger partial charge in [0.25, 0.3) is 0 Å². The second kappa shape index (κ2) is 5.97. The van der Waals surface area contributed by atoms with Gasteiger partial charge in [-0.2, -0.15) is 0 Å². The molecule has 0 aliphatic heterocycles. The molecule has 1 unspecified atom stereocenters. The van der Waals surface area contributed by atoms with E-state index in [0.717, 1.165) is 9.13 Å². The molecular weight excluding hydrogens is 339 g/mol. The van der Waals surface area contributed by atoms with Crippen molar-refractivity contribution in [3.05, 3.63) is 32.9 Å². The van der Waals surface area contributed by atoms with Crippen LogP contribution in [0.5, 0.6) is 0 Å². The summed E-state index contributed by atoms with van der Waals surface area (Å²) in [6.45, 7) is 0. The fourth-order valence-electron chi connectivity index (χ4n) is 1.32. The SMILES string of the molecule is O=C(O)CCc1ccc(C(O)C(=O)O)cc1I. The minimum absolute atomic E-state index is 0.0246. The third-order valence-electron chi connectivity index (χ3n) is 2.23. The molecule has 0 heterocycles. The minimum atomic E-state index is -1.54. The zero-order valence-corrected chi connectivity index (χ0v) is 10.9. The van der Waals surface area contributed by atoms with Crippen LogP contribution in [0.1, 0.15) is 23.7 Å². The number of hydrogen-bond acceptors (Lipinski definition) is 3. The maximum atomic E-state index is 10.6. The summed E-state index contributed by atoms with van der Waals surface area (Å²) in [6.07, 6.45) is -1.13. The van der Waals surface area contributed by atoms with Gasteiger partial charge in [-0.15, -0.1) is 0 Å². The normalized spacial score (nSPS) is 12.1. The first kappa shape index (κ1) is 13.9. The monoisotopic (exact) mass is 350 g/mol. The molecule has 17 heavy (non-hydrogen) atoms. The molecule has 0 aromatic heterocycles. The molecule has 1 aromatic carbocycles. The zero-order chi connectivity index (χ0) is 13.0. The van der Waals surface area contributed by atoms with E-state index >= 15 is 0 Å². The third-order valence-corrected chi connectivity index (χ3v) is 3.24. The molecule has 0 radical (unpaired) electrons. The summed E-state index contributed by atoms with van der Waals surface area (Å²) in [5, 5.41) is 26.5. The van der Waals surface area contributed by atoms with Gasteiger partial charge in [-0.3, -0.25) is 4.79 Å². The van der Waals surface area contributed by atoms with E-state index in [0.29, 0.717) is 12.0 Å². The van der Waals surface area contributed by atoms with Crippen LogP contribution in [0, 0.1) is 3.57 Å². The smallest absolute Gasteiger partial charge is 0.337 e. The van der Waals surface area contributed by atoms with E-state index in [1.807, 2.05) is 22.6 Å². The quantitative estimate of drug-likeness (QED) is 0.699. The second-order valence-electron chi connectivity index (χ2n) is 3.49. The predicted octanol–water partition coefficient (Wildman–Crippen LogP) is 1.43. The summed E-state index contributed by atoms with van der Waals surface area (Å²) in [5.41, 5.74) is 1.12. The number of benzene rings is 1. The van der Waals surface area contributed by atoms with E-state index < -0.39 is 18.0 Å². The van der Waals surface area contributed by atoms with Crippen molar-refractivity contribution in [3.63, 3.8) is 0 Å². The van der Waals surface area contributed by atoms with Gasteiger partial charge in [0.15, 0.2) is 6.10 Å². The van der Waals surface area contributed by atoms with E-state index in [1.165, 1.54) is 6.07 Å². The van der Waals surface area contributed by atoms with Crippen LogP contribution in [0.2, 0.25) is 0 Å². The van der Waals surface area contributed by atoms with Crippen LogP contribution in [0.25, 0.3) is 0 Å². The summed E-state index contributed by atoms with van der Waals surface area (Å²) in [7, 11) is 0. The molecule has 0 amide bonds. The lowest BCUT2D eigenvalue weighted by atomic mass is 10.0. The van der Waals surface area contributed by atoms with Crippen LogP contribution in [0.15, 0.2) is 18.2 Å². The van der Waals surface area contributed by atoms with Crippen molar-refractivity contribution in [2.45, 2.75) is 18.9 Å². The Labute approximate surface area is 111 Å². The van der Waals surface area contributed by atoms with Gasteiger partial charge in [0.2, 0.25) is 0 Å². The molecule has 0 bridgehead atoms. The molecule has 5 nitrogen and oxygen atoms in total. The fourth-order valence-corrected chi connectivity index (χ4v) is 2.13. The average molecular weight is 350 g/mol. The number of aliphatic carboxylic acids is 2. The molecule has 1 rings (SSSR count). The highest BCUT2D eigenvalue weighted by Gasteiger charge is 2.16. The third kappa shape index (κ3) is 3.97. The topological polar surface area (TPSA) is 94.8 Å². The van der Waals surface area contributed by atoms with Gasteiger partial charge in [-0.25, -0.2) is 4.79 Å². The lowest BCUT2D eigenvalue weighted by molar-refractivity contribution is -0.147. The van der Waals surface area contributed by atoms with Crippen molar-refractivity contribution in [1.29, 1.82) is 0 Å². The van der Waals surface area contributed by atoms with E-state index in [4.69, 9.17) is 10.2 Å². The maximum Gasteiger partial charge on any atom is 0.337 e. The van der Waals surface area contributed by atoms with Crippen molar-refractivity contribution in [2.75, 3.05) is 0 Å². The zero-order valence-electron chi connectivity index (χ0n) is 8.76. The van der Waals surface area contributed by atoms with Gasteiger partial charge in [0.1, 0.15) is 0 Å². The molecule has 92 valence electrons. The Kier molecular flexibility index (Phi) is 4.88. The van der Waals surface area contributed by atoms with Gasteiger partial charge in [-0.1, -0.05) is 12.1 Å². The average Bonchev–Trinajstić information content (AvgIpc) is 2.26. The molecule has 3 N–H and O–H groups in total. The van der Waals surface area contributed by atoms with Crippen molar-refractivity contribution >= 4 is 34.5 Å². The highest BCUT2D eigenvalue weighted by molar-refractivity contribution is 14.1. The lowest BCUT2D eigenvalue weighted by Gasteiger charge is -2.09. The largest absolute Gasteiger partial charge is 0.481 e. The van der Waals surface area contributed by atoms with Crippen LogP contribution in [0.4, 0.5) is 0 Å². The number of carboxylic acids is 2. The number of halogens is 1. The molecular formula is C11H11IO5. The van der Waals surface area contributed by atoms with Gasteiger partial charge in [-0.05, 0) is 46.2 Å². The van der Waals surface area contributed by atoms with Crippen LogP contribution in [-0.4, -0.2) is 27.3 Å². The van der Waals surface area contributed by atoms with Crippen LogP contribution >= 0.6 is 22.6 Å². The van der Waals surface area contributed by atoms with Crippen molar-refractivity contribution < 1.29 is 24.9 Å². The lowest BCUT2D eigenvalue weighted by Crippen LogP contribution is -2.11. The first-order valence-corrected chi connectivity index (χ1v) is 5.90. The summed E-state index contributed by atoms with van der Waals surface area (Å²) in [4.78, 5) is 21.0. The van der Waals surface area contributed by atoms with Crippen LogP contribution in [0.3, 0.4) is 0 Å². The number of aliphatic hydroxyl groups is 1. The molecule has 1 atom stereocenters. The number of rotatable bonds is 5. The summed E-state index contributed by atoms with van der Waals surface area (Å²) >= 11 is 1.99. The van der Waals surface area contributed by atoms with Crippen molar-refractivity contribution in [3.8, 4) is 0 Å². The Morgan fingerprint density at radius 3 is 2.41 bits per heavy atom. The van der Waals surface area contributed by atoms with E-state index in [9.17, 15) is 14.7 Å². The van der Waals surface area contributed by atoms with Crippen LogP contribution < -0.4 is 0 Å². The Morgan fingerprint density at radius 2 is 1.94 bits per heavy atom. The highest BCUT2D eigenvalue weighted by Crippen LogP contribution is 2.20. The van der Waals surface area contributed by atoms with Gasteiger partial charge in [0, 0.05) is 9.99 Å². The number of carboxylic acid groups (broad SMARTS) is 2. The van der Waals surface area contributed by atoms with Crippen molar-refractivity contribution in [1.82, 2.24) is 0 Å². The fraction of sp³-hybridized carbons (Fsp3) is 0.273. The molecule has 1 aromatic rings. The Balaban J connectivity index is 2.86. The highest BCUT2D eigenvalue weighted by atomic mass is 127. The van der Waals surface area contributed by atoms with E-state index in [1.54, 1.807) is 12.1 Å². The molecule has 0 spiro atoms. The van der Waals surface area contributed by atoms with Crippen molar-refractivity contribution in [2.24, 2.45) is 0 Å². The molecule has 6 heteroatoms. The maximum absolute atomic E-state index is 10.6.